The molecule has 1 rings (SSSR count). The van der Waals surface area contributed by atoms with Crippen LogP contribution in [0, 0.1) is 0 Å². The summed E-state index contributed by atoms with van der Waals surface area (Å²) in [5, 5.41) is 13.8. The van der Waals surface area contributed by atoms with Crippen molar-refractivity contribution in [2.24, 2.45) is 0 Å². The van der Waals surface area contributed by atoms with Crippen LogP contribution in [0.15, 0.2) is 0 Å². The van der Waals surface area contributed by atoms with E-state index in [0.29, 0.717) is 12.1 Å². The number of hydrogen-bond acceptors (Lipinski definition) is 3. The third kappa shape index (κ3) is 1.68. The van der Waals surface area contributed by atoms with Crippen molar-refractivity contribution in [3.63, 3.8) is 0 Å². The molecule has 1 saturated heterocycles. The van der Waals surface area contributed by atoms with Crippen molar-refractivity contribution in [3.05, 3.63) is 0 Å². The summed E-state index contributed by atoms with van der Waals surface area (Å²) < 4.78 is 0. The van der Waals surface area contributed by atoms with Gasteiger partial charge in [0, 0.05) is 18.6 Å². The molecule has 1 aliphatic heterocycles. The Morgan fingerprint density at radius 1 is 1.60 bits per heavy atom. The lowest BCUT2D eigenvalue weighted by molar-refractivity contribution is -0.140. The summed E-state index contributed by atoms with van der Waals surface area (Å²) in [5.41, 5.74) is 0. The van der Waals surface area contributed by atoms with Crippen LogP contribution in [0.25, 0.3) is 0 Å². The van der Waals surface area contributed by atoms with E-state index in [2.05, 4.69) is 5.32 Å². The van der Waals surface area contributed by atoms with E-state index in [4.69, 9.17) is 0 Å². The molecular weight excluding hydrogens is 128 g/mol. The van der Waals surface area contributed by atoms with E-state index in [9.17, 15) is 5.21 Å². The lowest BCUT2D eigenvalue weighted by Gasteiger charge is -2.32. The quantitative estimate of drug-likeness (QED) is 0.561. The monoisotopic (exact) mass is 144 g/mol. The second-order valence-corrected chi connectivity index (χ2v) is 3.02. The number of nitrogens with zero attached hydrogens (tertiary/aromatic N) is 1. The van der Waals surface area contributed by atoms with Crippen LogP contribution in [0.3, 0.4) is 0 Å². The molecule has 2 atom stereocenters. The van der Waals surface area contributed by atoms with E-state index in [1.165, 1.54) is 5.06 Å². The third-order valence-corrected chi connectivity index (χ3v) is 2.25. The Balaban J connectivity index is 2.33. The lowest BCUT2D eigenvalue weighted by Crippen LogP contribution is -2.44. The first-order valence-electron chi connectivity index (χ1n) is 3.87. The molecule has 0 radical (unpaired) electrons. The van der Waals surface area contributed by atoms with Gasteiger partial charge >= 0.3 is 0 Å². The summed E-state index contributed by atoms with van der Waals surface area (Å²) in [7, 11) is 1.98. The Kier molecular flexibility index (Phi) is 2.65. The molecule has 1 aliphatic rings. The SMILES string of the molecule is CNC1CCN(O)C(C)C1. The highest BCUT2D eigenvalue weighted by molar-refractivity contribution is 4.77. The van der Waals surface area contributed by atoms with Gasteiger partial charge in [0.25, 0.3) is 0 Å². The van der Waals surface area contributed by atoms with Crippen molar-refractivity contribution < 1.29 is 5.21 Å². The first kappa shape index (κ1) is 7.98. The molecule has 2 N–H and O–H groups in total. The van der Waals surface area contributed by atoms with Gasteiger partial charge in [0.2, 0.25) is 0 Å². The summed E-state index contributed by atoms with van der Waals surface area (Å²) >= 11 is 0. The lowest BCUT2D eigenvalue weighted by atomic mass is 10.0. The van der Waals surface area contributed by atoms with E-state index < -0.39 is 0 Å². The molecule has 0 aromatic heterocycles. The molecule has 1 fully saturated rings. The molecule has 0 saturated carbocycles. The number of piperidine rings is 1. The minimum atomic E-state index is 0.311. The maximum atomic E-state index is 9.20. The van der Waals surface area contributed by atoms with Crippen LogP contribution in [0.5, 0.6) is 0 Å². The van der Waals surface area contributed by atoms with Gasteiger partial charge in [-0.15, -0.1) is 0 Å². The average molecular weight is 144 g/mol. The molecule has 0 aliphatic carbocycles. The molecule has 3 heteroatoms. The fourth-order valence-corrected chi connectivity index (χ4v) is 1.42. The van der Waals surface area contributed by atoms with Crippen molar-refractivity contribution in [3.8, 4) is 0 Å². The fraction of sp³-hybridized carbons (Fsp3) is 1.00. The number of hydrogen-bond donors (Lipinski definition) is 2. The Labute approximate surface area is 62.0 Å². The predicted octanol–water partition coefficient (Wildman–Crippen LogP) is 0.448. The predicted molar refractivity (Wildman–Crippen MR) is 40.0 cm³/mol. The van der Waals surface area contributed by atoms with Crippen LogP contribution in [0.1, 0.15) is 19.8 Å². The van der Waals surface area contributed by atoms with Crippen molar-refractivity contribution in [2.75, 3.05) is 13.6 Å². The van der Waals surface area contributed by atoms with Gasteiger partial charge in [0.15, 0.2) is 0 Å². The molecule has 10 heavy (non-hydrogen) atoms. The Morgan fingerprint density at radius 3 is 2.80 bits per heavy atom. The van der Waals surface area contributed by atoms with Crippen molar-refractivity contribution in [1.29, 1.82) is 0 Å². The molecule has 0 aromatic rings. The van der Waals surface area contributed by atoms with Gasteiger partial charge in [-0.1, -0.05) is 0 Å². The number of hydroxylamine groups is 2. The molecule has 2 unspecified atom stereocenters. The Bertz CT molecular complexity index is 108. The van der Waals surface area contributed by atoms with E-state index in [0.717, 1.165) is 19.4 Å². The molecular formula is C7H16N2O. The van der Waals surface area contributed by atoms with Crippen LogP contribution in [0.2, 0.25) is 0 Å². The van der Waals surface area contributed by atoms with Crippen LogP contribution < -0.4 is 5.32 Å². The second kappa shape index (κ2) is 3.32. The molecule has 0 spiro atoms. The summed E-state index contributed by atoms with van der Waals surface area (Å²) in [4.78, 5) is 0. The summed E-state index contributed by atoms with van der Waals surface area (Å²) in [6.07, 6.45) is 2.10. The number of nitrogens with one attached hydrogen (secondary N) is 1. The summed E-state index contributed by atoms with van der Waals surface area (Å²) in [6.45, 7) is 2.84. The van der Waals surface area contributed by atoms with Gasteiger partial charge < -0.3 is 10.5 Å². The van der Waals surface area contributed by atoms with Gasteiger partial charge in [0.1, 0.15) is 0 Å². The molecule has 0 amide bonds. The highest BCUT2D eigenvalue weighted by atomic mass is 16.5. The normalized spacial score (nSPS) is 36.3. The van der Waals surface area contributed by atoms with Gasteiger partial charge in [-0.25, -0.2) is 0 Å². The van der Waals surface area contributed by atoms with E-state index in [-0.39, 0.29) is 0 Å². The van der Waals surface area contributed by atoms with Crippen LogP contribution in [-0.4, -0.2) is 35.9 Å². The standard InChI is InChI=1S/C7H16N2O/c1-6-5-7(8-2)3-4-9(6)10/h6-8,10H,3-5H2,1-2H3. The molecule has 0 aromatic carbocycles. The topological polar surface area (TPSA) is 35.5 Å². The second-order valence-electron chi connectivity index (χ2n) is 3.02. The summed E-state index contributed by atoms with van der Waals surface area (Å²) in [6, 6.07) is 0.907. The van der Waals surface area contributed by atoms with Crippen LogP contribution in [-0.2, 0) is 0 Å². The first-order chi connectivity index (χ1) is 4.74. The van der Waals surface area contributed by atoms with E-state index >= 15 is 0 Å². The maximum absolute atomic E-state index is 9.20. The molecule has 1 heterocycles. The van der Waals surface area contributed by atoms with Crippen molar-refractivity contribution >= 4 is 0 Å². The molecule has 3 nitrogen and oxygen atoms in total. The van der Waals surface area contributed by atoms with Gasteiger partial charge in [-0.3, -0.25) is 0 Å². The van der Waals surface area contributed by atoms with Crippen molar-refractivity contribution in [1.82, 2.24) is 10.4 Å². The van der Waals surface area contributed by atoms with Gasteiger partial charge in [-0.2, -0.15) is 5.06 Å². The summed E-state index contributed by atoms with van der Waals surface area (Å²) in [5.74, 6) is 0. The number of rotatable bonds is 1. The largest absolute Gasteiger partial charge is 0.317 e. The Hall–Kier alpha value is -0.120. The van der Waals surface area contributed by atoms with E-state index in [1.807, 2.05) is 14.0 Å². The highest BCUT2D eigenvalue weighted by Crippen LogP contribution is 2.13. The zero-order valence-corrected chi connectivity index (χ0v) is 6.67. The van der Waals surface area contributed by atoms with Gasteiger partial charge in [0.05, 0.1) is 0 Å². The highest BCUT2D eigenvalue weighted by Gasteiger charge is 2.22. The van der Waals surface area contributed by atoms with Gasteiger partial charge in [-0.05, 0) is 26.8 Å². The van der Waals surface area contributed by atoms with Crippen LogP contribution in [0.4, 0.5) is 0 Å². The zero-order chi connectivity index (χ0) is 7.56. The minimum Gasteiger partial charge on any atom is -0.317 e. The van der Waals surface area contributed by atoms with Crippen LogP contribution >= 0.6 is 0 Å². The average Bonchev–Trinajstić information content (AvgIpc) is 1.95. The smallest absolute Gasteiger partial charge is 0.0336 e. The van der Waals surface area contributed by atoms with Crippen molar-refractivity contribution in [2.45, 2.75) is 31.8 Å². The molecule has 60 valence electrons. The molecule has 0 bridgehead atoms. The fourth-order valence-electron chi connectivity index (χ4n) is 1.42. The third-order valence-electron chi connectivity index (χ3n) is 2.25. The first-order valence-corrected chi connectivity index (χ1v) is 3.87. The minimum absolute atomic E-state index is 0.311. The van der Waals surface area contributed by atoms with E-state index in [1.54, 1.807) is 0 Å². The zero-order valence-electron chi connectivity index (χ0n) is 6.67. The maximum Gasteiger partial charge on any atom is 0.0336 e. The Morgan fingerprint density at radius 2 is 2.30 bits per heavy atom.